The number of Topliss-reactive ketones (excluding diaryl/α,β-unsaturated/α-hetero) is 1. The fourth-order valence-electron chi connectivity index (χ4n) is 5.55. The molecule has 0 bridgehead atoms. The first-order chi connectivity index (χ1) is 15.5. The second-order valence-electron chi connectivity index (χ2n) is 8.70. The summed E-state index contributed by atoms with van der Waals surface area (Å²) >= 11 is 0. The van der Waals surface area contributed by atoms with Crippen molar-refractivity contribution in [2.45, 2.75) is 32.1 Å². The summed E-state index contributed by atoms with van der Waals surface area (Å²) in [7, 11) is 0. The number of carbonyl (C=O) groups excluding carboxylic acids is 1. The number of phenolic OH excluding ortho intramolecular Hbond substituents is 1. The number of carbonyl (C=O) groups is 1. The molecule has 2 aromatic carbocycles. The molecular formula is C27H23N3O2. The number of aryl methyl sites for hydroxylation is 1. The number of ketones is 1. The minimum Gasteiger partial charge on any atom is -0.508 e. The maximum Gasteiger partial charge on any atom is 0.176 e. The molecule has 158 valence electrons. The Kier molecular flexibility index (Phi) is 4.67. The molecule has 0 aliphatic heterocycles. The molecule has 1 heterocycles. The second kappa shape index (κ2) is 7.42. The fourth-order valence-corrected chi connectivity index (χ4v) is 5.55. The zero-order valence-electron chi connectivity index (χ0n) is 18.0. The van der Waals surface area contributed by atoms with E-state index in [-0.39, 0.29) is 28.9 Å². The van der Waals surface area contributed by atoms with Crippen molar-refractivity contribution in [1.82, 2.24) is 9.97 Å². The van der Waals surface area contributed by atoms with Gasteiger partial charge in [-0.1, -0.05) is 49.4 Å². The minimum absolute atomic E-state index is 0.00618. The Labute approximate surface area is 187 Å². The van der Waals surface area contributed by atoms with Gasteiger partial charge in [0.1, 0.15) is 17.6 Å². The number of rotatable bonds is 2. The summed E-state index contributed by atoms with van der Waals surface area (Å²) < 4.78 is 0. The van der Waals surface area contributed by atoms with E-state index in [1.165, 1.54) is 0 Å². The maximum atomic E-state index is 12.9. The van der Waals surface area contributed by atoms with Crippen LogP contribution in [-0.4, -0.2) is 20.9 Å². The van der Waals surface area contributed by atoms with Gasteiger partial charge in [-0.05, 0) is 49.5 Å². The largest absolute Gasteiger partial charge is 0.508 e. The molecule has 0 unspecified atom stereocenters. The smallest absolute Gasteiger partial charge is 0.176 e. The quantitative estimate of drug-likeness (QED) is 0.649. The third-order valence-corrected chi connectivity index (χ3v) is 6.95. The third kappa shape index (κ3) is 2.87. The number of phenols is 1. The van der Waals surface area contributed by atoms with Crippen LogP contribution in [0.2, 0.25) is 0 Å². The lowest BCUT2D eigenvalue weighted by Crippen LogP contribution is -2.48. The van der Waals surface area contributed by atoms with Gasteiger partial charge >= 0.3 is 0 Å². The lowest BCUT2D eigenvalue weighted by Gasteiger charge is -2.48. The van der Waals surface area contributed by atoms with E-state index in [1.807, 2.05) is 50.3 Å². The Morgan fingerprint density at radius 3 is 2.62 bits per heavy atom. The van der Waals surface area contributed by atoms with E-state index < -0.39 is 5.41 Å². The van der Waals surface area contributed by atoms with E-state index in [9.17, 15) is 15.2 Å². The highest BCUT2D eigenvalue weighted by atomic mass is 16.3. The number of hydrogen-bond donors (Lipinski definition) is 1. The number of fused-ring (bicyclic) bond motifs is 3. The van der Waals surface area contributed by atoms with E-state index in [1.54, 1.807) is 12.1 Å². The number of aromatic hydroxyl groups is 1. The number of benzene rings is 2. The first kappa shape index (κ1) is 20.1. The van der Waals surface area contributed by atoms with E-state index in [2.05, 4.69) is 18.2 Å². The van der Waals surface area contributed by atoms with Gasteiger partial charge in [0.15, 0.2) is 5.78 Å². The van der Waals surface area contributed by atoms with Crippen LogP contribution < -0.4 is 0 Å². The van der Waals surface area contributed by atoms with E-state index >= 15 is 0 Å². The lowest BCUT2D eigenvalue weighted by atomic mass is 9.54. The summed E-state index contributed by atoms with van der Waals surface area (Å²) in [5.74, 6) is 0.416. The molecule has 0 saturated carbocycles. The average Bonchev–Trinajstić information content (AvgIpc) is 2.81. The van der Waals surface area contributed by atoms with Gasteiger partial charge < -0.3 is 5.11 Å². The Morgan fingerprint density at radius 2 is 1.91 bits per heavy atom. The highest BCUT2D eigenvalue weighted by molar-refractivity contribution is 6.02. The molecular weight excluding hydrogens is 398 g/mol. The van der Waals surface area contributed by atoms with Crippen molar-refractivity contribution in [3.63, 3.8) is 0 Å². The van der Waals surface area contributed by atoms with Crippen molar-refractivity contribution >= 4 is 5.78 Å². The first-order valence-corrected chi connectivity index (χ1v) is 10.9. The molecule has 5 rings (SSSR count). The highest BCUT2D eigenvalue weighted by Gasteiger charge is 2.53. The van der Waals surface area contributed by atoms with Crippen LogP contribution in [0.5, 0.6) is 5.75 Å². The number of nitrogens with zero attached hydrogens (tertiary/aromatic N) is 3. The Balaban J connectivity index is 1.88. The molecule has 2 aliphatic carbocycles. The molecule has 0 saturated heterocycles. The van der Waals surface area contributed by atoms with Crippen molar-refractivity contribution in [2.24, 2.45) is 11.8 Å². The predicted octanol–water partition coefficient (Wildman–Crippen LogP) is 4.67. The summed E-state index contributed by atoms with van der Waals surface area (Å²) in [5, 5.41) is 19.9. The van der Waals surface area contributed by atoms with Gasteiger partial charge in [-0.15, -0.1) is 0 Å². The van der Waals surface area contributed by atoms with Crippen LogP contribution in [0, 0.1) is 30.1 Å². The van der Waals surface area contributed by atoms with Gasteiger partial charge in [0.2, 0.25) is 0 Å². The van der Waals surface area contributed by atoms with Crippen LogP contribution in [0.15, 0.2) is 66.2 Å². The summed E-state index contributed by atoms with van der Waals surface area (Å²) in [6.07, 6.45) is 3.36. The molecule has 1 N–H and O–H groups in total. The number of nitriles is 1. The van der Waals surface area contributed by atoms with Crippen LogP contribution in [-0.2, 0) is 16.6 Å². The van der Waals surface area contributed by atoms with Crippen LogP contribution in [0.3, 0.4) is 0 Å². The van der Waals surface area contributed by atoms with Crippen LogP contribution in [0.25, 0.3) is 11.3 Å². The maximum absolute atomic E-state index is 12.9. The standard InChI is InChI=1S/C27H23N3O2/c1-16-23-12-11-22-24(18-7-6-10-21(31)13-18)29-17(2)30-26(22)27(23,14-19(15-28)25(16)32)20-8-4-3-5-9-20/h3-10,13-14,16,23,31H,11-12H2,1-2H3/t16-,23-,27+/m0/s1. The zero-order chi connectivity index (χ0) is 22.5. The molecule has 0 radical (unpaired) electrons. The van der Waals surface area contributed by atoms with Crippen molar-refractivity contribution in [3.05, 3.63) is 88.9 Å². The van der Waals surface area contributed by atoms with E-state index in [0.717, 1.165) is 40.9 Å². The Morgan fingerprint density at radius 1 is 1.12 bits per heavy atom. The van der Waals surface area contributed by atoms with Crippen LogP contribution in [0.1, 0.15) is 36.0 Å². The van der Waals surface area contributed by atoms with Gasteiger partial charge in [-0.25, -0.2) is 9.97 Å². The molecule has 3 atom stereocenters. The molecule has 2 aliphatic rings. The molecule has 32 heavy (non-hydrogen) atoms. The fraction of sp³-hybridized carbons (Fsp3) is 0.259. The summed E-state index contributed by atoms with van der Waals surface area (Å²) in [6, 6.07) is 19.3. The second-order valence-corrected chi connectivity index (χ2v) is 8.70. The zero-order valence-corrected chi connectivity index (χ0v) is 18.0. The molecule has 5 nitrogen and oxygen atoms in total. The molecule has 3 aromatic rings. The Hall–Kier alpha value is -3.78. The summed E-state index contributed by atoms with van der Waals surface area (Å²) in [5.41, 5.74) is 4.03. The van der Waals surface area contributed by atoms with E-state index in [0.29, 0.717) is 5.82 Å². The SMILES string of the molecule is Cc1nc(-c2cccc(O)c2)c2c(n1)[C@@]1(c3ccccc3)C=C(C#N)C(=O)[C@@H](C)[C@@H]1CC2. The van der Waals surface area contributed by atoms with Gasteiger partial charge in [0, 0.05) is 17.0 Å². The first-order valence-electron chi connectivity index (χ1n) is 10.9. The highest BCUT2D eigenvalue weighted by Crippen LogP contribution is 2.54. The number of aromatic nitrogens is 2. The van der Waals surface area contributed by atoms with E-state index in [4.69, 9.17) is 9.97 Å². The topological polar surface area (TPSA) is 86.9 Å². The molecule has 5 heteroatoms. The van der Waals surface area contributed by atoms with Gasteiger partial charge in [-0.3, -0.25) is 4.79 Å². The minimum atomic E-state index is -0.688. The summed E-state index contributed by atoms with van der Waals surface area (Å²) in [6.45, 7) is 3.80. The van der Waals surface area contributed by atoms with Gasteiger partial charge in [0.25, 0.3) is 0 Å². The summed E-state index contributed by atoms with van der Waals surface area (Å²) in [4.78, 5) is 22.6. The molecule has 1 aromatic heterocycles. The monoisotopic (exact) mass is 421 g/mol. The Bertz CT molecular complexity index is 1310. The molecule has 0 amide bonds. The third-order valence-electron chi connectivity index (χ3n) is 6.95. The van der Waals surface area contributed by atoms with Crippen molar-refractivity contribution in [1.29, 1.82) is 5.26 Å². The van der Waals surface area contributed by atoms with Gasteiger partial charge in [-0.2, -0.15) is 5.26 Å². The molecule has 0 spiro atoms. The van der Waals surface area contributed by atoms with Crippen LogP contribution in [0.4, 0.5) is 0 Å². The van der Waals surface area contributed by atoms with Crippen molar-refractivity contribution in [3.8, 4) is 23.1 Å². The number of allylic oxidation sites excluding steroid dienone is 2. The normalized spacial score (nSPS) is 24.2. The predicted molar refractivity (Wildman–Crippen MR) is 121 cm³/mol. The van der Waals surface area contributed by atoms with Crippen molar-refractivity contribution in [2.75, 3.05) is 0 Å². The number of hydrogen-bond acceptors (Lipinski definition) is 5. The average molecular weight is 422 g/mol. The van der Waals surface area contributed by atoms with Crippen molar-refractivity contribution < 1.29 is 9.90 Å². The molecule has 0 fully saturated rings. The van der Waals surface area contributed by atoms with Crippen LogP contribution >= 0.6 is 0 Å². The van der Waals surface area contributed by atoms with Gasteiger partial charge in [0.05, 0.1) is 22.4 Å². The lowest BCUT2D eigenvalue weighted by molar-refractivity contribution is -0.121.